The molecule has 0 fully saturated rings. The molecule has 14 heteroatoms. The monoisotopic (exact) mass is 601 g/mol. The Kier molecular flexibility index (Phi) is 10.1. The van der Waals surface area contributed by atoms with E-state index in [4.69, 9.17) is 34.8 Å². The molecule has 0 aromatic heterocycles. The van der Waals surface area contributed by atoms with Gasteiger partial charge in [0.05, 0.1) is 32.6 Å². The Bertz CT molecular complexity index is 1270. The van der Waals surface area contributed by atoms with Crippen LogP contribution in [0, 0.1) is 0 Å². The number of rotatable bonds is 9. The number of hydrogen-bond donors (Lipinski definition) is 1. The molecule has 0 aliphatic rings. The van der Waals surface area contributed by atoms with E-state index in [0.717, 1.165) is 23.3 Å². The van der Waals surface area contributed by atoms with Gasteiger partial charge in [-0.1, -0.05) is 40.9 Å². The molecule has 2 aromatic rings. The van der Waals surface area contributed by atoms with E-state index in [1.165, 1.54) is 19.1 Å². The van der Waals surface area contributed by atoms with Crippen LogP contribution in [0.3, 0.4) is 0 Å². The summed E-state index contributed by atoms with van der Waals surface area (Å²) < 4.78 is 65.8. The average Bonchev–Trinajstić information content (AvgIpc) is 2.76. The fourth-order valence-corrected chi connectivity index (χ4v) is 4.71. The molecule has 1 N–H and O–H groups in total. The van der Waals surface area contributed by atoms with E-state index in [-0.39, 0.29) is 22.6 Å². The van der Waals surface area contributed by atoms with Crippen LogP contribution in [0.2, 0.25) is 15.1 Å². The van der Waals surface area contributed by atoms with Gasteiger partial charge < -0.3 is 10.2 Å². The summed E-state index contributed by atoms with van der Waals surface area (Å²) >= 11 is 17.7. The number of anilines is 1. The lowest BCUT2D eigenvalue weighted by molar-refractivity contribution is -0.139. The van der Waals surface area contributed by atoms with E-state index in [9.17, 15) is 31.2 Å². The van der Waals surface area contributed by atoms with Gasteiger partial charge in [0.1, 0.15) is 12.6 Å². The minimum atomic E-state index is -4.86. The van der Waals surface area contributed by atoms with Crippen molar-refractivity contribution in [2.45, 2.75) is 45.6 Å². The van der Waals surface area contributed by atoms with Gasteiger partial charge in [0.2, 0.25) is 21.8 Å². The van der Waals surface area contributed by atoms with Crippen molar-refractivity contribution in [3.8, 4) is 0 Å². The number of halogens is 6. The fraction of sp³-hybridized carbons (Fsp3) is 0.391. The second kappa shape index (κ2) is 12.1. The molecule has 0 spiro atoms. The van der Waals surface area contributed by atoms with Gasteiger partial charge in [-0.2, -0.15) is 13.2 Å². The molecule has 204 valence electrons. The predicted octanol–water partition coefficient (Wildman–Crippen LogP) is 5.37. The van der Waals surface area contributed by atoms with Crippen LogP contribution >= 0.6 is 34.8 Å². The molecule has 7 nitrogen and oxygen atoms in total. The third-order valence-corrected chi connectivity index (χ3v) is 7.37. The number of hydrogen-bond acceptors (Lipinski definition) is 4. The molecular formula is C23H25Cl3F3N3O4S. The quantitative estimate of drug-likeness (QED) is 0.418. The largest absolute Gasteiger partial charge is 0.417 e. The molecule has 0 aliphatic carbocycles. The van der Waals surface area contributed by atoms with E-state index >= 15 is 0 Å². The van der Waals surface area contributed by atoms with Crippen LogP contribution < -0.4 is 9.62 Å². The molecule has 37 heavy (non-hydrogen) atoms. The van der Waals surface area contributed by atoms with Crippen molar-refractivity contribution in [1.82, 2.24) is 10.2 Å². The minimum absolute atomic E-state index is 0.158. The van der Waals surface area contributed by atoms with Crippen molar-refractivity contribution in [2.24, 2.45) is 0 Å². The van der Waals surface area contributed by atoms with Crippen LogP contribution in [-0.4, -0.2) is 50.0 Å². The third kappa shape index (κ3) is 8.39. The number of nitrogens with one attached hydrogen (secondary N) is 1. The highest BCUT2D eigenvalue weighted by Crippen LogP contribution is 2.37. The zero-order valence-electron chi connectivity index (χ0n) is 20.2. The summed E-state index contributed by atoms with van der Waals surface area (Å²) in [4.78, 5) is 27.3. The topological polar surface area (TPSA) is 86.8 Å². The Hall–Kier alpha value is -2.21. The van der Waals surface area contributed by atoms with Crippen molar-refractivity contribution in [3.63, 3.8) is 0 Å². The lowest BCUT2D eigenvalue weighted by Crippen LogP contribution is -2.52. The zero-order valence-corrected chi connectivity index (χ0v) is 23.3. The van der Waals surface area contributed by atoms with E-state index in [2.05, 4.69) is 5.32 Å². The Morgan fingerprint density at radius 3 is 2.08 bits per heavy atom. The third-order valence-electron chi connectivity index (χ3n) is 5.16. The highest BCUT2D eigenvalue weighted by atomic mass is 35.5. The summed E-state index contributed by atoms with van der Waals surface area (Å²) in [6, 6.07) is 5.75. The first-order valence-electron chi connectivity index (χ1n) is 10.8. The second-order valence-corrected chi connectivity index (χ2v) is 11.7. The number of amides is 2. The first-order valence-corrected chi connectivity index (χ1v) is 13.8. The molecule has 0 bridgehead atoms. The highest BCUT2D eigenvalue weighted by Gasteiger charge is 2.35. The predicted molar refractivity (Wildman–Crippen MR) is 138 cm³/mol. The van der Waals surface area contributed by atoms with Crippen molar-refractivity contribution in [1.29, 1.82) is 0 Å². The fourth-order valence-electron chi connectivity index (χ4n) is 3.32. The van der Waals surface area contributed by atoms with E-state index in [0.29, 0.717) is 15.9 Å². The van der Waals surface area contributed by atoms with Crippen LogP contribution in [0.15, 0.2) is 36.4 Å². The molecule has 0 unspecified atom stereocenters. The molecule has 0 heterocycles. The number of nitrogens with zero attached hydrogens (tertiary/aromatic N) is 2. The van der Waals surface area contributed by atoms with Crippen LogP contribution in [0.4, 0.5) is 18.9 Å². The van der Waals surface area contributed by atoms with Gasteiger partial charge >= 0.3 is 6.18 Å². The first kappa shape index (κ1) is 31.0. The normalized spacial score (nSPS) is 12.8. The standard InChI is InChI=1S/C23H25Cl3F3N3O4S/c1-13(2)30-22(34)14(3)31(11-15-5-7-19(25)20(26)9-15)21(33)12-32(37(4,35)36)16-6-8-18(24)17(10-16)23(27,28)29/h5-10,13-14H,11-12H2,1-4H3,(H,30,34)/t14-/m1/s1. The summed E-state index contributed by atoms with van der Waals surface area (Å²) in [7, 11) is -4.24. The van der Waals surface area contributed by atoms with E-state index in [1.54, 1.807) is 19.9 Å². The van der Waals surface area contributed by atoms with Gasteiger partial charge in [-0.05, 0) is 56.7 Å². The van der Waals surface area contributed by atoms with Crippen LogP contribution in [-0.2, 0) is 32.3 Å². The van der Waals surface area contributed by atoms with Crippen LogP contribution in [0.5, 0.6) is 0 Å². The van der Waals surface area contributed by atoms with Gasteiger partial charge in [-0.3, -0.25) is 13.9 Å². The summed E-state index contributed by atoms with van der Waals surface area (Å²) in [5, 5.41) is 2.51. The number of alkyl halides is 3. The molecule has 0 radical (unpaired) electrons. The van der Waals surface area contributed by atoms with Crippen molar-refractivity contribution in [2.75, 3.05) is 17.1 Å². The van der Waals surface area contributed by atoms with Gasteiger partial charge in [-0.25, -0.2) is 8.42 Å². The van der Waals surface area contributed by atoms with Crippen LogP contribution in [0.1, 0.15) is 31.9 Å². The van der Waals surface area contributed by atoms with Crippen LogP contribution in [0.25, 0.3) is 0 Å². The molecule has 0 saturated carbocycles. The Morgan fingerprint density at radius 2 is 1.57 bits per heavy atom. The highest BCUT2D eigenvalue weighted by molar-refractivity contribution is 7.92. The SMILES string of the molecule is CC(C)NC(=O)[C@@H](C)N(Cc1ccc(Cl)c(Cl)c1)C(=O)CN(c1ccc(Cl)c(C(F)(F)F)c1)S(C)(=O)=O. The molecule has 0 aliphatic heterocycles. The maximum absolute atomic E-state index is 13.4. The van der Waals surface area contributed by atoms with E-state index < -0.39 is 56.9 Å². The molecular weight excluding hydrogens is 578 g/mol. The number of sulfonamides is 1. The Morgan fingerprint density at radius 1 is 0.973 bits per heavy atom. The zero-order chi connectivity index (χ0) is 28.3. The minimum Gasteiger partial charge on any atom is -0.352 e. The van der Waals surface area contributed by atoms with Crippen molar-refractivity contribution < 1.29 is 31.2 Å². The molecule has 1 atom stereocenters. The lowest BCUT2D eigenvalue weighted by atomic mass is 10.1. The molecule has 2 amide bonds. The number of carbonyl (C=O) groups excluding carboxylic acids is 2. The Balaban J connectivity index is 2.50. The smallest absolute Gasteiger partial charge is 0.352 e. The summed E-state index contributed by atoms with van der Waals surface area (Å²) in [5.41, 5.74) is -1.19. The molecule has 2 aromatic carbocycles. The van der Waals surface area contributed by atoms with Gasteiger partial charge in [0, 0.05) is 12.6 Å². The average molecular weight is 603 g/mol. The number of carbonyl (C=O) groups is 2. The molecule has 0 saturated heterocycles. The summed E-state index contributed by atoms with van der Waals surface area (Å²) in [5.74, 6) is -1.36. The number of benzene rings is 2. The Labute approximate surface area is 228 Å². The van der Waals surface area contributed by atoms with Crippen molar-refractivity contribution >= 4 is 62.3 Å². The van der Waals surface area contributed by atoms with E-state index in [1.807, 2.05) is 0 Å². The van der Waals surface area contributed by atoms with Gasteiger partial charge in [0.25, 0.3) is 0 Å². The van der Waals surface area contributed by atoms with Gasteiger partial charge in [0.15, 0.2) is 0 Å². The van der Waals surface area contributed by atoms with Gasteiger partial charge in [-0.15, -0.1) is 0 Å². The maximum Gasteiger partial charge on any atom is 0.417 e. The lowest BCUT2D eigenvalue weighted by Gasteiger charge is -2.32. The van der Waals surface area contributed by atoms with Crippen molar-refractivity contribution in [3.05, 3.63) is 62.6 Å². The summed E-state index contributed by atoms with van der Waals surface area (Å²) in [6.45, 7) is 3.86. The second-order valence-electron chi connectivity index (χ2n) is 8.54. The maximum atomic E-state index is 13.4. The first-order chi connectivity index (χ1) is 16.9. The summed E-state index contributed by atoms with van der Waals surface area (Å²) in [6.07, 6.45) is -4.11. The molecule has 2 rings (SSSR count).